The van der Waals surface area contributed by atoms with E-state index in [1.807, 2.05) is 58.9 Å². The third kappa shape index (κ3) is 8.05. The van der Waals surface area contributed by atoms with E-state index in [1.54, 1.807) is 27.7 Å². The minimum atomic E-state index is -0.852. The summed E-state index contributed by atoms with van der Waals surface area (Å²) >= 11 is 0. The van der Waals surface area contributed by atoms with Crippen LogP contribution in [0.15, 0.2) is 24.3 Å². The molecule has 7 heteroatoms. The van der Waals surface area contributed by atoms with Gasteiger partial charge in [-0.3, -0.25) is 9.59 Å². The van der Waals surface area contributed by atoms with Gasteiger partial charge in [0.15, 0.2) is 0 Å². The highest BCUT2D eigenvalue weighted by molar-refractivity contribution is 5.92. The van der Waals surface area contributed by atoms with Gasteiger partial charge in [0.2, 0.25) is 11.8 Å². The molecule has 0 radical (unpaired) electrons. The summed E-state index contributed by atoms with van der Waals surface area (Å²) in [6.07, 6.45) is -0.676. The van der Waals surface area contributed by atoms with E-state index in [9.17, 15) is 14.4 Å². The second kappa shape index (κ2) is 9.96. The molecule has 2 N–H and O–H groups in total. The summed E-state index contributed by atoms with van der Waals surface area (Å²) in [7, 11) is 0. The van der Waals surface area contributed by atoms with Crippen LogP contribution in [0.2, 0.25) is 0 Å². The Kier molecular flexibility index (Phi) is 8.45. The Balaban J connectivity index is 3.18. The highest BCUT2D eigenvalue weighted by atomic mass is 16.6. The summed E-state index contributed by atoms with van der Waals surface area (Å²) in [6.45, 7) is 16.6. The molecule has 0 aromatic heterocycles. The largest absolute Gasteiger partial charge is 0.444 e. The molecule has 1 aromatic carbocycles. The molecule has 0 spiro atoms. The van der Waals surface area contributed by atoms with Crippen LogP contribution in [0.1, 0.15) is 72.6 Å². The first-order chi connectivity index (χ1) is 13.6. The summed E-state index contributed by atoms with van der Waals surface area (Å²) < 4.78 is 5.24. The van der Waals surface area contributed by atoms with E-state index in [0.717, 1.165) is 5.56 Å². The second-order valence-corrected chi connectivity index (χ2v) is 9.54. The lowest BCUT2D eigenvalue weighted by atomic mass is 10.00. The number of nitrogens with one attached hydrogen (secondary N) is 2. The molecule has 0 bridgehead atoms. The fourth-order valence-corrected chi connectivity index (χ4v) is 2.92. The van der Waals surface area contributed by atoms with E-state index < -0.39 is 29.3 Å². The standard InChI is InChI=1S/C23H37N3O4/c1-10-26(20(28)16(3)24-21(29)30-23(7,8)9)18(19(27)25-22(4,5)6)17-13-11-15(2)12-14-17/h11-14,16,18H,10H2,1-9H3,(H,24,29)(H,25,27). The van der Waals surface area contributed by atoms with Crippen molar-refractivity contribution in [2.75, 3.05) is 6.54 Å². The maximum absolute atomic E-state index is 13.2. The zero-order valence-corrected chi connectivity index (χ0v) is 19.8. The van der Waals surface area contributed by atoms with E-state index in [2.05, 4.69) is 10.6 Å². The van der Waals surface area contributed by atoms with Crippen molar-refractivity contribution in [2.45, 2.75) is 85.5 Å². The summed E-state index contributed by atoms with van der Waals surface area (Å²) in [6, 6.07) is 5.86. The zero-order valence-electron chi connectivity index (χ0n) is 19.8. The Hall–Kier alpha value is -2.57. The van der Waals surface area contributed by atoms with Gasteiger partial charge in [-0.05, 0) is 67.9 Å². The van der Waals surface area contributed by atoms with Gasteiger partial charge in [0.25, 0.3) is 0 Å². The molecular weight excluding hydrogens is 382 g/mol. The number of likely N-dealkylation sites (N-methyl/N-ethyl adjacent to an activating group) is 1. The number of hydrogen-bond donors (Lipinski definition) is 2. The van der Waals surface area contributed by atoms with Gasteiger partial charge in [0.1, 0.15) is 17.7 Å². The third-order valence-electron chi connectivity index (χ3n) is 4.18. The molecule has 2 unspecified atom stereocenters. The van der Waals surface area contributed by atoms with Crippen molar-refractivity contribution in [1.29, 1.82) is 0 Å². The lowest BCUT2D eigenvalue weighted by molar-refractivity contribution is -0.142. The molecule has 2 atom stereocenters. The first-order valence-corrected chi connectivity index (χ1v) is 10.3. The van der Waals surface area contributed by atoms with Crippen molar-refractivity contribution >= 4 is 17.9 Å². The second-order valence-electron chi connectivity index (χ2n) is 9.54. The number of benzene rings is 1. The Bertz CT molecular complexity index is 745. The predicted octanol–water partition coefficient (Wildman–Crippen LogP) is 3.71. The molecule has 1 aromatic rings. The van der Waals surface area contributed by atoms with E-state index in [0.29, 0.717) is 12.1 Å². The fraction of sp³-hybridized carbons (Fsp3) is 0.609. The maximum atomic E-state index is 13.2. The molecule has 1 rings (SSSR count). The van der Waals surface area contributed by atoms with Crippen LogP contribution in [0.25, 0.3) is 0 Å². The van der Waals surface area contributed by atoms with Gasteiger partial charge in [-0.15, -0.1) is 0 Å². The molecule has 3 amide bonds. The van der Waals surface area contributed by atoms with Crippen LogP contribution in [-0.2, 0) is 14.3 Å². The van der Waals surface area contributed by atoms with Crippen molar-refractivity contribution in [2.24, 2.45) is 0 Å². The number of carbonyl (C=O) groups is 3. The molecular formula is C23H37N3O4. The van der Waals surface area contributed by atoms with Crippen LogP contribution in [0, 0.1) is 6.92 Å². The van der Waals surface area contributed by atoms with Crippen molar-refractivity contribution in [3.63, 3.8) is 0 Å². The molecule has 7 nitrogen and oxygen atoms in total. The first-order valence-electron chi connectivity index (χ1n) is 10.3. The highest BCUT2D eigenvalue weighted by Crippen LogP contribution is 2.24. The average Bonchev–Trinajstić information content (AvgIpc) is 2.56. The molecule has 168 valence electrons. The smallest absolute Gasteiger partial charge is 0.408 e. The van der Waals surface area contributed by atoms with Gasteiger partial charge in [-0.2, -0.15) is 0 Å². The van der Waals surface area contributed by atoms with Gasteiger partial charge in [-0.25, -0.2) is 4.79 Å². The lowest BCUT2D eigenvalue weighted by Gasteiger charge is -2.34. The number of nitrogens with zero attached hydrogens (tertiary/aromatic N) is 1. The van der Waals surface area contributed by atoms with Crippen molar-refractivity contribution in [3.05, 3.63) is 35.4 Å². The first kappa shape index (κ1) is 25.5. The number of carbonyl (C=O) groups excluding carboxylic acids is 3. The minimum absolute atomic E-state index is 0.272. The molecule has 0 aliphatic rings. The molecule has 0 heterocycles. The van der Waals surface area contributed by atoms with Crippen LogP contribution in [0.4, 0.5) is 4.79 Å². The van der Waals surface area contributed by atoms with Gasteiger partial charge in [-0.1, -0.05) is 29.8 Å². The average molecular weight is 420 g/mol. The SMILES string of the molecule is CCN(C(=O)C(C)NC(=O)OC(C)(C)C)C(C(=O)NC(C)(C)C)c1ccc(C)cc1. The van der Waals surface area contributed by atoms with Gasteiger partial charge >= 0.3 is 6.09 Å². The van der Waals surface area contributed by atoms with Crippen molar-refractivity contribution in [1.82, 2.24) is 15.5 Å². The normalized spacial score (nSPS) is 13.8. The van der Waals surface area contributed by atoms with E-state index in [4.69, 9.17) is 4.74 Å². The number of hydrogen-bond acceptors (Lipinski definition) is 4. The number of rotatable bonds is 6. The molecule has 0 aliphatic carbocycles. The van der Waals surface area contributed by atoms with Crippen LogP contribution in [0.5, 0.6) is 0 Å². The maximum Gasteiger partial charge on any atom is 0.408 e. The Morgan fingerprint density at radius 2 is 1.57 bits per heavy atom. The number of aryl methyl sites for hydroxylation is 1. The topological polar surface area (TPSA) is 87.7 Å². The molecule has 30 heavy (non-hydrogen) atoms. The quantitative estimate of drug-likeness (QED) is 0.736. The summed E-state index contributed by atoms with van der Waals surface area (Å²) in [5, 5.41) is 5.54. The van der Waals surface area contributed by atoms with Crippen LogP contribution in [0.3, 0.4) is 0 Å². The van der Waals surface area contributed by atoms with Gasteiger partial charge in [0.05, 0.1) is 0 Å². The lowest BCUT2D eigenvalue weighted by Crippen LogP contribution is -2.53. The Morgan fingerprint density at radius 1 is 1.03 bits per heavy atom. The summed E-state index contributed by atoms with van der Waals surface area (Å²) in [5.74, 6) is -0.635. The zero-order chi connectivity index (χ0) is 23.3. The van der Waals surface area contributed by atoms with Crippen LogP contribution in [-0.4, -0.2) is 46.5 Å². The van der Waals surface area contributed by atoms with Gasteiger partial charge in [0, 0.05) is 12.1 Å². The van der Waals surface area contributed by atoms with Gasteiger partial charge < -0.3 is 20.3 Å². The van der Waals surface area contributed by atoms with Crippen LogP contribution < -0.4 is 10.6 Å². The van der Waals surface area contributed by atoms with E-state index in [-0.39, 0.29) is 11.8 Å². The molecule has 0 saturated heterocycles. The summed E-state index contributed by atoms with van der Waals surface area (Å²) in [4.78, 5) is 39.9. The highest BCUT2D eigenvalue weighted by Gasteiger charge is 2.35. The molecule has 0 saturated carbocycles. The monoisotopic (exact) mass is 419 g/mol. The van der Waals surface area contributed by atoms with Crippen molar-refractivity contribution in [3.8, 4) is 0 Å². The fourth-order valence-electron chi connectivity index (χ4n) is 2.92. The van der Waals surface area contributed by atoms with E-state index in [1.165, 1.54) is 4.90 Å². The number of alkyl carbamates (subject to hydrolysis) is 1. The van der Waals surface area contributed by atoms with E-state index >= 15 is 0 Å². The minimum Gasteiger partial charge on any atom is -0.444 e. The Morgan fingerprint density at radius 3 is 2.00 bits per heavy atom. The predicted molar refractivity (Wildman–Crippen MR) is 118 cm³/mol. The molecule has 0 fully saturated rings. The van der Waals surface area contributed by atoms with Crippen LogP contribution >= 0.6 is 0 Å². The summed E-state index contributed by atoms with van der Waals surface area (Å²) in [5.41, 5.74) is 0.641. The molecule has 0 aliphatic heterocycles. The Labute approximate surface area is 180 Å². The number of amides is 3. The third-order valence-corrected chi connectivity index (χ3v) is 4.18. The van der Waals surface area contributed by atoms with Crippen molar-refractivity contribution < 1.29 is 19.1 Å². The number of ether oxygens (including phenoxy) is 1.